The standard InChI is InChI=1S/C24H32N8O/c1-30-7-9-32(10-8-30)15-17-3-5-18(6-4-17)24(33)27-23-12-19-11-20(13-25-21(19)14-26-23)22-16-31(2)29-28-22/h11-14,16-18H,3-10,15H2,1-2H3,(H,26,27,33)/t17-,18-. The third kappa shape index (κ3) is 5.20. The molecule has 9 nitrogen and oxygen atoms in total. The van der Waals surface area contributed by atoms with Gasteiger partial charge in [-0.25, -0.2) is 4.98 Å². The number of aromatic nitrogens is 5. The Morgan fingerprint density at radius 1 is 1.03 bits per heavy atom. The van der Waals surface area contributed by atoms with Gasteiger partial charge in [-0.15, -0.1) is 5.10 Å². The zero-order valence-corrected chi connectivity index (χ0v) is 19.4. The number of carbonyl (C=O) groups is 1. The average Bonchev–Trinajstić information content (AvgIpc) is 3.27. The second kappa shape index (κ2) is 9.52. The number of carbonyl (C=O) groups excluding carboxylic acids is 1. The number of rotatable bonds is 5. The van der Waals surface area contributed by atoms with Gasteiger partial charge in [-0.3, -0.25) is 14.5 Å². The van der Waals surface area contributed by atoms with E-state index in [-0.39, 0.29) is 11.8 Å². The van der Waals surface area contributed by atoms with Crippen LogP contribution in [0.25, 0.3) is 22.2 Å². The summed E-state index contributed by atoms with van der Waals surface area (Å²) >= 11 is 0. The van der Waals surface area contributed by atoms with Crippen LogP contribution in [0.15, 0.2) is 30.7 Å². The van der Waals surface area contributed by atoms with Crippen LogP contribution < -0.4 is 5.32 Å². The zero-order valence-electron chi connectivity index (χ0n) is 19.4. The first-order valence-electron chi connectivity index (χ1n) is 11.9. The van der Waals surface area contributed by atoms with Gasteiger partial charge in [0, 0.05) is 62.8 Å². The summed E-state index contributed by atoms with van der Waals surface area (Å²) < 4.78 is 1.66. The number of hydrogen-bond donors (Lipinski definition) is 1. The molecule has 0 spiro atoms. The van der Waals surface area contributed by atoms with E-state index in [1.54, 1.807) is 17.1 Å². The van der Waals surface area contributed by atoms with E-state index in [1.165, 1.54) is 6.54 Å². The van der Waals surface area contributed by atoms with Crippen molar-refractivity contribution >= 4 is 22.6 Å². The van der Waals surface area contributed by atoms with Crippen molar-refractivity contribution in [2.24, 2.45) is 18.9 Å². The molecule has 5 rings (SSSR count). The van der Waals surface area contributed by atoms with E-state index in [0.29, 0.717) is 11.7 Å². The minimum atomic E-state index is 0.0651. The highest BCUT2D eigenvalue weighted by Gasteiger charge is 2.28. The van der Waals surface area contributed by atoms with Crippen molar-refractivity contribution in [2.45, 2.75) is 25.7 Å². The predicted molar refractivity (Wildman–Crippen MR) is 128 cm³/mol. The smallest absolute Gasteiger partial charge is 0.228 e. The fourth-order valence-electron chi connectivity index (χ4n) is 4.95. The van der Waals surface area contributed by atoms with Gasteiger partial charge in [-0.05, 0) is 50.8 Å². The molecule has 174 valence electrons. The number of piperazine rings is 1. The highest BCUT2D eigenvalue weighted by atomic mass is 16.1. The molecular weight excluding hydrogens is 416 g/mol. The van der Waals surface area contributed by atoms with E-state index < -0.39 is 0 Å². The molecule has 1 amide bonds. The summed E-state index contributed by atoms with van der Waals surface area (Å²) in [5.41, 5.74) is 2.44. The first kappa shape index (κ1) is 21.9. The van der Waals surface area contributed by atoms with E-state index in [2.05, 4.69) is 42.4 Å². The lowest BCUT2D eigenvalue weighted by molar-refractivity contribution is -0.121. The molecule has 1 N–H and O–H groups in total. The van der Waals surface area contributed by atoms with Crippen molar-refractivity contribution in [3.8, 4) is 11.3 Å². The first-order chi connectivity index (χ1) is 16.0. The molecule has 1 saturated carbocycles. The van der Waals surface area contributed by atoms with Gasteiger partial charge in [0.2, 0.25) is 5.91 Å². The van der Waals surface area contributed by atoms with E-state index in [9.17, 15) is 4.79 Å². The van der Waals surface area contributed by atoms with Crippen molar-refractivity contribution in [3.63, 3.8) is 0 Å². The summed E-state index contributed by atoms with van der Waals surface area (Å²) in [5, 5.41) is 12.1. The second-order valence-corrected chi connectivity index (χ2v) is 9.57. The van der Waals surface area contributed by atoms with E-state index in [1.807, 2.05) is 25.4 Å². The minimum absolute atomic E-state index is 0.0651. The fraction of sp³-hybridized carbons (Fsp3) is 0.542. The van der Waals surface area contributed by atoms with Gasteiger partial charge in [-0.1, -0.05) is 5.21 Å². The average molecular weight is 449 g/mol. The lowest BCUT2D eigenvalue weighted by Gasteiger charge is -2.36. The molecule has 3 aromatic rings. The fourth-order valence-corrected chi connectivity index (χ4v) is 4.95. The van der Waals surface area contributed by atoms with Gasteiger partial charge in [0.15, 0.2) is 0 Å². The van der Waals surface area contributed by atoms with Crippen LogP contribution in [0.5, 0.6) is 0 Å². The van der Waals surface area contributed by atoms with E-state index in [4.69, 9.17) is 0 Å². The Bertz CT molecular complexity index is 1110. The number of aryl methyl sites for hydroxylation is 1. The Hall–Kier alpha value is -2.91. The van der Waals surface area contributed by atoms with Crippen molar-refractivity contribution < 1.29 is 4.79 Å². The van der Waals surface area contributed by atoms with Crippen LogP contribution in [0.1, 0.15) is 25.7 Å². The van der Waals surface area contributed by atoms with Crippen molar-refractivity contribution in [2.75, 3.05) is 45.1 Å². The molecule has 0 radical (unpaired) electrons. The monoisotopic (exact) mass is 448 g/mol. The molecule has 0 bridgehead atoms. The summed E-state index contributed by atoms with van der Waals surface area (Å²) in [7, 11) is 4.03. The van der Waals surface area contributed by atoms with Gasteiger partial charge in [-0.2, -0.15) is 0 Å². The largest absolute Gasteiger partial charge is 0.310 e. The van der Waals surface area contributed by atoms with Gasteiger partial charge in [0.25, 0.3) is 0 Å². The Morgan fingerprint density at radius 3 is 2.55 bits per heavy atom. The van der Waals surface area contributed by atoms with Gasteiger partial charge >= 0.3 is 0 Å². The van der Waals surface area contributed by atoms with Crippen LogP contribution in [0.3, 0.4) is 0 Å². The molecule has 0 atom stereocenters. The topological polar surface area (TPSA) is 92.1 Å². The summed E-state index contributed by atoms with van der Waals surface area (Å²) in [6.45, 7) is 5.82. The molecule has 0 aromatic carbocycles. The van der Waals surface area contributed by atoms with Crippen LogP contribution in [0, 0.1) is 11.8 Å². The van der Waals surface area contributed by atoms with Crippen LogP contribution in [-0.2, 0) is 11.8 Å². The Kier molecular flexibility index (Phi) is 6.32. The molecular formula is C24H32N8O. The van der Waals surface area contributed by atoms with Crippen LogP contribution in [-0.4, -0.2) is 80.4 Å². The number of pyridine rings is 2. The molecule has 2 aliphatic rings. The molecule has 4 heterocycles. The summed E-state index contributed by atoms with van der Waals surface area (Å²) in [5.74, 6) is 1.43. The van der Waals surface area contributed by atoms with Crippen LogP contribution in [0.4, 0.5) is 5.82 Å². The molecule has 9 heteroatoms. The summed E-state index contributed by atoms with van der Waals surface area (Å²) in [6.07, 6.45) is 9.49. The maximum Gasteiger partial charge on any atom is 0.228 e. The lowest BCUT2D eigenvalue weighted by atomic mass is 9.81. The number of hydrogen-bond acceptors (Lipinski definition) is 7. The molecule has 1 aliphatic heterocycles. The normalized spacial score (nSPS) is 22.5. The summed E-state index contributed by atoms with van der Waals surface area (Å²) in [4.78, 5) is 26.8. The Labute approximate surface area is 194 Å². The highest BCUT2D eigenvalue weighted by Crippen LogP contribution is 2.31. The number of likely N-dealkylation sites (N-methyl/N-ethyl adjacent to an activating group) is 1. The molecule has 3 aromatic heterocycles. The molecule has 0 unspecified atom stereocenters. The van der Waals surface area contributed by atoms with E-state index >= 15 is 0 Å². The van der Waals surface area contributed by atoms with Crippen molar-refractivity contribution in [1.29, 1.82) is 0 Å². The summed E-state index contributed by atoms with van der Waals surface area (Å²) in [6, 6.07) is 3.90. The minimum Gasteiger partial charge on any atom is -0.310 e. The predicted octanol–water partition coefficient (Wildman–Crippen LogP) is 2.42. The van der Waals surface area contributed by atoms with Crippen LogP contribution in [0.2, 0.25) is 0 Å². The van der Waals surface area contributed by atoms with Gasteiger partial charge in [0.05, 0.1) is 17.9 Å². The number of fused-ring (bicyclic) bond motifs is 1. The Morgan fingerprint density at radius 2 is 1.82 bits per heavy atom. The molecule has 1 aliphatic carbocycles. The first-order valence-corrected chi connectivity index (χ1v) is 11.9. The van der Waals surface area contributed by atoms with Crippen molar-refractivity contribution in [1.82, 2.24) is 34.8 Å². The third-order valence-electron chi connectivity index (χ3n) is 7.05. The third-order valence-corrected chi connectivity index (χ3v) is 7.05. The number of anilines is 1. The highest BCUT2D eigenvalue weighted by molar-refractivity contribution is 5.94. The maximum atomic E-state index is 12.9. The van der Waals surface area contributed by atoms with Gasteiger partial charge in [0.1, 0.15) is 11.5 Å². The molecule has 33 heavy (non-hydrogen) atoms. The second-order valence-electron chi connectivity index (χ2n) is 9.57. The lowest BCUT2D eigenvalue weighted by Crippen LogP contribution is -2.46. The van der Waals surface area contributed by atoms with E-state index in [0.717, 1.165) is 74.0 Å². The molecule has 1 saturated heterocycles. The number of nitrogens with zero attached hydrogens (tertiary/aromatic N) is 7. The SMILES string of the molecule is CN1CCN(C[C@H]2CC[C@H](C(=O)Nc3cc4cc(-c5cn(C)nn5)cnc4cn3)CC2)CC1. The Balaban J connectivity index is 1.18. The molecule has 2 fully saturated rings. The maximum absolute atomic E-state index is 12.9. The van der Waals surface area contributed by atoms with Crippen LogP contribution >= 0.6 is 0 Å². The quantitative estimate of drug-likeness (QED) is 0.641. The van der Waals surface area contributed by atoms with Gasteiger partial charge < -0.3 is 15.1 Å². The zero-order chi connectivity index (χ0) is 22.8. The number of amides is 1. The van der Waals surface area contributed by atoms with Crippen molar-refractivity contribution in [3.05, 3.63) is 30.7 Å². The number of nitrogens with one attached hydrogen (secondary N) is 1.